The Morgan fingerprint density at radius 2 is 1.90 bits per heavy atom. The molecule has 2 aromatic heterocycles. The molecule has 164 valence electrons. The van der Waals surface area contributed by atoms with E-state index < -0.39 is 0 Å². The Labute approximate surface area is 178 Å². The van der Waals surface area contributed by atoms with Gasteiger partial charge in [-0.1, -0.05) is 6.92 Å². The fourth-order valence-corrected chi connectivity index (χ4v) is 3.85. The molecule has 1 saturated heterocycles. The van der Waals surface area contributed by atoms with E-state index in [0.29, 0.717) is 12.1 Å². The lowest BCUT2D eigenvalue weighted by molar-refractivity contribution is -0.127. The summed E-state index contributed by atoms with van der Waals surface area (Å²) >= 11 is 0. The summed E-state index contributed by atoms with van der Waals surface area (Å²) in [6.45, 7) is 7.03. The molecule has 0 radical (unpaired) electrons. The number of hydrogen-bond donors (Lipinski definition) is 1. The van der Waals surface area contributed by atoms with Crippen LogP contribution in [0.1, 0.15) is 42.7 Å². The minimum atomic E-state index is -0.0587. The number of likely N-dealkylation sites (N-methyl/N-ethyl adjacent to an activating group) is 2. The van der Waals surface area contributed by atoms with Crippen molar-refractivity contribution in [3.05, 3.63) is 29.6 Å². The van der Waals surface area contributed by atoms with Crippen molar-refractivity contribution in [2.24, 2.45) is 0 Å². The minimum Gasteiger partial charge on any atom is -0.349 e. The van der Waals surface area contributed by atoms with Crippen LogP contribution in [0.25, 0.3) is 5.65 Å². The van der Waals surface area contributed by atoms with Crippen molar-refractivity contribution in [2.45, 2.75) is 39.2 Å². The first-order valence-corrected chi connectivity index (χ1v) is 10.8. The van der Waals surface area contributed by atoms with Gasteiger partial charge >= 0.3 is 0 Å². The predicted molar refractivity (Wildman–Crippen MR) is 119 cm³/mol. The first-order valence-electron chi connectivity index (χ1n) is 10.8. The molecule has 1 fully saturated rings. The summed E-state index contributed by atoms with van der Waals surface area (Å²) in [5.41, 5.74) is 2.32. The van der Waals surface area contributed by atoms with Gasteiger partial charge in [-0.25, -0.2) is 4.98 Å². The van der Waals surface area contributed by atoms with Crippen molar-refractivity contribution >= 4 is 23.3 Å². The van der Waals surface area contributed by atoms with E-state index in [2.05, 4.69) is 24.2 Å². The predicted octanol–water partition coefficient (Wildman–Crippen LogP) is 1.64. The number of aromatic nitrogens is 2. The number of rotatable bonds is 7. The molecule has 0 atom stereocenters. The van der Waals surface area contributed by atoms with E-state index in [1.165, 1.54) is 0 Å². The number of hydrogen-bond acceptors (Lipinski definition) is 5. The van der Waals surface area contributed by atoms with Gasteiger partial charge in [0.1, 0.15) is 11.5 Å². The highest BCUT2D eigenvalue weighted by Gasteiger charge is 2.22. The molecule has 8 heteroatoms. The molecule has 0 saturated carbocycles. The molecule has 0 unspecified atom stereocenters. The van der Waals surface area contributed by atoms with Crippen LogP contribution in [0.5, 0.6) is 0 Å². The quantitative estimate of drug-likeness (QED) is 0.746. The Kier molecular flexibility index (Phi) is 6.97. The molecule has 0 spiro atoms. The lowest BCUT2D eigenvalue weighted by Crippen LogP contribution is -2.43. The molecule has 2 aromatic rings. The van der Waals surface area contributed by atoms with Crippen LogP contribution in [-0.4, -0.2) is 84.4 Å². The topological polar surface area (TPSA) is 73.2 Å². The lowest BCUT2D eigenvalue weighted by Gasteiger charge is -2.29. The van der Waals surface area contributed by atoms with Crippen LogP contribution in [0.2, 0.25) is 0 Å². The molecule has 1 N–H and O–H groups in total. The van der Waals surface area contributed by atoms with Gasteiger partial charge in [0.2, 0.25) is 5.91 Å². The highest BCUT2D eigenvalue weighted by molar-refractivity contribution is 5.94. The average Bonchev–Trinajstić information content (AvgIpc) is 3.11. The third-order valence-electron chi connectivity index (χ3n) is 5.82. The highest BCUT2D eigenvalue weighted by atomic mass is 16.2. The summed E-state index contributed by atoms with van der Waals surface area (Å²) in [5, 5.41) is 3.18. The zero-order valence-corrected chi connectivity index (χ0v) is 18.8. The van der Waals surface area contributed by atoms with Gasteiger partial charge in [-0.3, -0.25) is 14.0 Å². The summed E-state index contributed by atoms with van der Waals surface area (Å²) in [6.07, 6.45) is 4.54. The standard InChI is InChI=1S/C22H34N6O2/c1-6-18-22(27(7-2)15-20(29)25(3)4)28-14-16(8-9-19(28)24-18)21(30)23-17-10-12-26(5)13-11-17/h8-9,14,17H,6-7,10-13,15H2,1-5H3,(H,23,30). The Morgan fingerprint density at radius 3 is 2.50 bits per heavy atom. The van der Waals surface area contributed by atoms with Crippen molar-refractivity contribution in [3.8, 4) is 0 Å². The number of fused-ring (bicyclic) bond motifs is 1. The highest BCUT2D eigenvalue weighted by Crippen LogP contribution is 2.24. The number of amides is 2. The fraction of sp³-hybridized carbons (Fsp3) is 0.591. The SMILES string of the molecule is CCc1nc2ccc(C(=O)NC3CCN(C)CC3)cn2c1N(CC)CC(=O)N(C)C. The molecule has 2 amide bonds. The number of carbonyl (C=O) groups excluding carboxylic acids is 2. The van der Waals surface area contributed by atoms with E-state index in [1.807, 2.05) is 34.6 Å². The van der Waals surface area contributed by atoms with Crippen molar-refractivity contribution in [2.75, 3.05) is 52.2 Å². The lowest BCUT2D eigenvalue weighted by atomic mass is 10.1. The summed E-state index contributed by atoms with van der Waals surface area (Å²) in [6, 6.07) is 3.92. The Hall–Kier alpha value is -2.61. The molecule has 3 rings (SSSR count). The third kappa shape index (κ3) is 4.75. The van der Waals surface area contributed by atoms with Crippen LogP contribution in [0.15, 0.2) is 18.3 Å². The van der Waals surface area contributed by atoms with Crippen molar-refractivity contribution in [1.82, 2.24) is 24.5 Å². The summed E-state index contributed by atoms with van der Waals surface area (Å²) in [5.74, 6) is 0.862. The monoisotopic (exact) mass is 414 g/mol. The molecule has 0 aromatic carbocycles. The summed E-state index contributed by atoms with van der Waals surface area (Å²) < 4.78 is 1.95. The van der Waals surface area contributed by atoms with E-state index in [4.69, 9.17) is 4.98 Å². The van der Waals surface area contributed by atoms with Gasteiger partial charge in [-0.2, -0.15) is 0 Å². The zero-order chi connectivity index (χ0) is 21.8. The molecule has 1 aliphatic heterocycles. The summed E-state index contributed by atoms with van der Waals surface area (Å²) in [7, 11) is 5.63. The normalized spacial score (nSPS) is 15.4. The van der Waals surface area contributed by atoms with Gasteiger partial charge in [0.05, 0.1) is 17.8 Å². The molecule has 0 bridgehead atoms. The maximum atomic E-state index is 12.9. The molecule has 0 aliphatic carbocycles. The first kappa shape index (κ1) is 22.1. The minimum absolute atomic E-state index is 0.0324. The van der Waals surface area contributed by atoms with Crippen LogP contribution in [0.3, 0.4) is 0 Å². The van der Waals surface area contributed by atoms with Crippen LogP contribution < -0.4 is 10.2 Å². The maximum absolute atomic E-state index is 12.9. The van der Waals surface area contributed by atoms with Gasteiger partial charge < -0.3 is 20.0 Å². The number of aryl methyl sites for hydroxylation is 1. The molecule has 3 heterocycles. The number of nitrogens with zero attached hydrogens (tertiary/aromatic N) is 5. The second kappa shape index (κ2) is 9.47. The second-order valence-corrected chi connectivity index (χ2v) is 8.23. The largest absolute Gasteiger partial charge is 0.349 e. The van der Waals surface area contributed by atoms with Gasteiger partial charge in [0, 0.05) is 32.9 Å². The van der Waals surface area contributed by atoms with E-state index in [0.717, 1.165) is 49.5 Å². The molecule has 30 heavy (non-hydrogen) atoms. The van der Waals surface area contributed by atoms with Crippen LogP contribution in [0.4, 0.5) is 5.82 Å². The van der Waals surface area contributed by atoms with Gasteiger partial charge in [0.25, 0.3) is 5.91 Å². The Bertz CT molecular complexity index is 898. The maximum Gasteiger partial charge on any atom is 0.252 e. The third-order valence-corrected chi connectivity index (χ3v) is 5.82. The molecular formula is C22H34N6O2. The number of nitrogens with one attached hydrogen (secondary N) is 1. The Balaban J connectivity index is 1.89. The van der Waals surface area contributed by atoms with E-state index >= 15 is 0 Å². The van der Waals surface area contributed by atoms with E-state index in [-0.39, 0.29) is 24.4 Å². The van der Waals surface area contributed by atoms with Gasteiger partial charge in [-0.05, 0) is 58.5 Å². The zero-order valence-electron chi connectivity index (χ0n) is 18.8. The van der Waals surface area contributed by atoms with Gasteiger partial charge in [0.15, 0.2) is 0 Å². The first-order chi connectivity index (χ1) is 14.3. The number of piperidine rings is 1. The number of anilines is 1. The summed E-state index contributed by atoms with van der Waals surface area (Å²) in [4.78, 5) is 35.9. The number of likely N-dealkylation sites (tertiary alicyclic amines) is 1. The fourth-order valence-electron chi connectivity index (χ4n) is 3.85. The average molecular weight is 415 g/mol. The number of pyridine rings is 1. The Morgan fingerprint density at radius 1 is 1.20 bits per heavy atom. The number of carbonyl (C=O) groups is 2. The number of imidazole rings is 1. The smallest absolute Gasteiger partial charge is 0.252 e. The molecule has 8 nitrogen and oxygen atoms in total. The van der Waals surface area contributed by atoms with Crippen molar-refractivity contribution < 1.29 is 9.59 Å². The van der Waals surface area contributed by atoms with E-state index in [9.17, 15) is 9.59 Å². The van der Waals surface area contributed by atoms with Crippen LogP contribution in [0, 0.1) is 0 Å². The van der Waals surface area contributed by atoms with E-state index in [1.54, 1.807) is 19.0 Å². The van der Waals surface area contributed by atoms with Gasteiger partial charge in [-0.15, -0.1) is 0 Å². The molecular weight excluding hydrogens is 380 g/mol. The van der Waals surface area contributed by atoms with Crippen molar-refractivity contribution in [3.63, 3.8) is 0 Å². The van der Waals surface area contributed by atoms with Crippen molar-refractivity contribution in [1.29, 1.82) is 0 Å². The second-order valence-electron chi connectivity index (χ2n) is 8.23. The molecule has 1 aliphatic rings. The van der Waals surface area contributed by atoms with Crippen LogP contribution >= 0.6 is 0 Å². The van der Waals surface area contributed by atoms with Crippen LogP contribution in [-0.2, 0) is 11.2 Å².